The predicted molar refractivity (Wildman–Crippen MR) is 94.3 cm³/mol. The van der Waals surface area contributed by atoms with Crippen LogP contribution in [0.1, 0.15) is 49.5 Å². The minimum absolute atomic E-state index is 0.0232. The van der Waals surface area contributed by atoms with Gasteiger partial charge in [0, 0.05) is 18.2 Å². The summed E-state index contributed by atoms with van der Waals surface area (Å²) < 4.78 is 27.3. The predicted octanol–water partition coefficient (Wildman–Crippen LogP) is 1.54. The van der Waals surface area contributed by atoms with E-state index in [2.05, 4.69) is 10.0 Å². The number of carbonyl (C=O) groups is 1. The maximum Gasteiger partial charge on any atom is 0.252 e. The van der Waals surface area contributed by atoms with E-state index in [0.29, 0.717) is 12.1 Å². The third-order valence-electron chi connectivity index (χ3n) is 4.76. The van der Waals surface area contributed by atoms with Gasteiger partial charge in [-0.25, -0.2) is 13.1 Å². The zero-order chi connectivity index (χ0) is 18.1. The van der Waals surface area contributed by atoms with Gasteiger partial charge in [-0.15, -0.1) is 0 Å². The molecule has 1 unspecified atom stereocenters. The Bertz CT molecular complexity index is 727. The van der Waals surface area contributed by atoms with E-state index >= 15 is 0 Å². The van der Waals surface area contributed by atoms with Gasteiger partial charge < -0.3 is 11.1 Å². The molecular formula is C17H27N3O3S. The number of benzene rings is 1. The number of nitrogens with two attached hydrogens (primary N) is 1. The van der Waals surface area contributed by atoms with Crippen molar-refractivity contribution < 1.29 is 13.2 Å². The van der Waals surface area contributed by atoms with Crippen LogP contribution in [0.25, 0.3) is 0 Å². The number of carbonyl (C=O) groups excluding carboxylic acids is 1. The standard InChI is InChI=1S/C17H27N3O3S/c1-11(2)17(4,10-18)19-16(21)15-9-14(8-5-12(15)3)24(22,23)20-13-6-7-13/h5,8-9,11,13,20H,6-7,10,18H2,1-4H3,(H,19,21). The van der Waals surface area contributed by atoms with Gasteiger partial charge in [0.25, 0.3) is 5.91 Å². The molecule has 2 rings (SSSR count). The molecule has 1 atom stereocenters. The van der Waals surface area contributed by atoms with Crippen LogP contribution in [0.3, 0.4) is 0 Å². The Balaban J connectivity index is 2.29. The van der Waals surface area contributed by atoms with Crippen LogP contribution in [0, 0.1) is 12.8 Å². The van der Waals surface area contributed by atoms with Crippen LogP contribution in [0.5, 0.6) is 0 Å². The highest BCUT2D eigenvalue weighted by Gasteiger charge is 2.31. The number of hydrogen-bond donors (Lipinski definition) is 3. The molecule has 134 valence electrons. The molecular weight excluding hydrogens is 326 g/mol. The fourth-order valence-corrected chi connectivity index (χ4v) is 3.59. The van der Waals surface area contributed by atoms with Crippen LogP contribution in [0.2, 0.25) is 0 Å². The molecule has 0 radical (unpaired) electrons. The van der Waals surface area contributed by atoms with E-state index in [-0.39, 0.29) is 22.8 Å². The van der Waals surface area contributed by atoms with Crippen molar-refractivity contribution in [2.24, 2.45) is 11.7 Å². The molecule has 0 heterocycles. The summed E-state index contributed by atoms with van der Waals surface area (Å²) in [5.74, 6) is -0.159. The Morgan fingerprint density at radius 1 is 1.38 bits per heavy atom. The smallest absolute Gasteiger partial charge is 0.252 e. The third kappa shape index (κ3) is 4.15. The van der Waals surface area contributed by atoms with Crippen LogP contribution in [-0.4, -0.2) is 32.5 Å². The van der Waals surface area contributed by atoms with E-state index in [1.807, 2.05) is 20.8 Å². The minimum Gasteiger partial charge on any atom is -0.345 e. The molecule has 7 heteroatoms. The highest BCUT2D eigenvalue weighted by molar-refractivity contribution is 7.89. The van der Waals surface area contributed by atoms with Crippen molar-refractivity contribution in [3.63, 3.8) is 0 Å². The second kappa shape index (κ2) is 6.82. The molecule has 4 N–H and O–H groups in total. The van der Waals surface area contributed by atoms with Gasteiger partial charge in [0.05, 0.1) is 10.4 Å². The average molecular weight is 353 g/mol. The molecule has 0 bridgehead atoms. The molecule has 6 nitrogen and oxygen atoms in total. The lowest BCUT2D eigenvalue weighted by atomic mass is 9.88. The SMILES string of the molecule is Cc1ccc(S(=O)(=O)NC2CC2)cc1C(=O)NC(C)(CN)C(C)C. The van der Waals surface area contributed by atoms with Crippen molar-refractivity contribution in [1.82, 2.24) is 10.0 Å². The van der Waals surface area contributed by atoms with Crippen LogP contribution >= 0.6 is 0 Å². The monoisotopic (exact) mass is 353 g/mol. The van der Waals surface area contributed by atoms with E-state index < -0.39 is 15.6 Å². The Morgan fingerprint density at radius 2 is 2.00 bits per heavy atom. The zero-order valence-corrected chi connectivity index (χ0v) is 15.5. The Hall–Kier alpha value is -1.44. The van der Waals surface area contributed by atoms with Crippen molar-refractivity contribution >= 4 is 15.9 Å². The quantitative estimate of drug-likeness (QED) is 0.692. The summed E-state index contributed by atoms with van der Waals surface area (Å²) in [6.45, 7) is 7.95. The zero-order valence-electron chi connectivity index (χ0n) is 14.7. The summed E-state index contributed by atoms with van der Waals surface area (Å²) in [5, 5.41) is 2.95. The number of sulfonamides is 1. The van der Waals surface area contributed by atoms with Crippen molar-refractivity contribution in [1.29, 1.82) is 0 Å². The fraction of sp³-hybridized carbons (Fsp3) is 0.588. The second-order valence-electron chi connectivity index (χ2n) is 7.10. The highest BCUT2D eigenvalue weighted by atomic mass is 32.2. The van der Waals surface area contributed by atoms with Gasteiger partial charge >= 0.3 is 0 Å². The second-order valence-corrected chi connectivity index (χ2v) is 8.82. The molecule has 24 heavy (non-hydrogen) atoms. The van der Waals surface area contributed by atoms with E-state index in [0.717, 1.165) is 18.4 Å². The van der Waals surface area contributed by atoms with Crippen molar-refractivity contribution in [2.45, 2.75) is 57.0 Å². The van der Waals surface area contributed by atoms with E-state index in [1.165, 1.54) is 12.1 Å². The largest absolute Gasteiger partial charge is 0.345 e. The first kappa shape index (κ1) is 18.9. The number of nitrogens with one attached hydrogen (secondary N) is 2. The molecule has 1 aliphatic carbocycles. The van der Waals surface area contributed by atoms with E-state index in [1.54, 1.807) is 13.0 Å². The number of rotatable bonds is 7. The molecule has 1 saturated carbocycles. The van der Waals surface area contributed by atoms with Crippen LogP contribution in [0.15, 0.2) is 23.1 Å². The van der Waals surface area contributed by atoms with Crippen LogP contribution in [-0.2, 0) is 10.0 Å². The van der Waals surface area contributed by atoms with Crippen molar-refractivity contribution in [3.8, 4) is 0 Å². The maximum atomic E-state index is 12.7. The lowest BCUT2D eigenvalue weighted by molar-refractivity contribution is 0.0882. The summed E-state index contributed by atoms with van der Waals surface area (Å²) in [6.07, 6.45) is 1.73. The summed E-state index contributed by atoms with van der Waals surface area (Å²) in [5.41, 5.74) is 6.34. The lowest BCUT2D eigenvalue weighted by Crippen LogP contribution is -2.55. The van der Waals surface area contributed by atoms with Crippen LogP contribution < -0.4 is 15.8 Å². The minimum atomic E-state index is -3.59. The Morgan fingerprint density at radius 3 is 2.50 bits per heavy atom. The number of hydrogen-bond acceptors (Lipinski definition) is 4. The maximum absolute atomic E-state index is 12.7. The van der Waals surface area contributed by atoms with Gasteiger partial charge in [0.15, 0.2) is 0 Å². The summed E-state index contributed by atoms with van der Waals surface area (Å²) >= 11 is 0. The van der Waals surface area contributed by atoms with Crippen LogP contribution in [0.4, 0.5) is 0 Å². The topological polar surface area (TPSA) is 101 Å². The molecule has 1 aliphatic rings. The molecule has 1 aromatic rings. The lowest BCUT2D eigenvalue weighted by Gasteiger charge is -2.33. The van der Waals surface area contributed by atoms with Crippen molar-refractivity contribution in [2.75, 3.05) is 6.54 Å². The molecule has 0 saturated heterocycles. The number of aryl methyl sites for hydroxylation is 1. The summed E-state index contributed by atoms with van der Waals surface area (Å²) in [4.78, 5) is 12.8. The number of amides is 1. The van der Waals surface area contributed by atoms with Gasteiger partial charge in [-0.1, -0.05) is 19.9 Å². The molecule has 0 aromatic heterocycles. The first-order chi connectivity index (χ1) is 11.1. The van der Waals surface area contributed by atoms with E-state index in [9.17, 15) is 13.2 Å². The fourth-order valence-electron chi connectivity index (χ4n) is 2.26. The van der Waals surface area contributed by atoms with Gasteiger partial charge in [-0.05, 0) is 50.3 Å². The van der Waals surface area contributed by atoms with E-state index in [4.69, 9.17) is 5.73 Å². The Kier molecular flexibility index (Phi) is 5.37. The molecule has 0 aliphatic heterocycles. The summed E-state index contributed by atoms with van der Waals surface area (Å²) in [7, 11) is -3.59. The summed E-state index contributed by atoms with van der Waals surface area (Å²) in [6, 6.07) is 4.65. The average Bonchev–Trinajstić information content (AvgIpc) is 3.30. The van der Waals surface area contributed by atoms with Crippen molar-refractivity contribution in [3.05, 3.63) is 29.3 Å². The molecule has 1 amide bonds. The first-order valence-electron chi connectivity index (χ1n) is 8.24. The normalized spacial score (nSPS) is 17.6. The van der Waals surface area contributed by atoms with Gasteiger partial charge in [-0.2, -0.15) is 0 Å². The molecule has 1 fully saturated rings. The first-order valence-corrected chi connectivity index (χ1v) is 9.73. The Labute approximate surface area is 144 Å². The van der Waals surface area contributed by atoms with Gasteiger partial charge in [0.2, 0.25) is 10.0 Å². The molecule has 1 aromatic carbocycles. The van der Waals surface area contributed by atoms with Gasteiger partial charge in [-0.3, -0.25) is 4.79 Å². The molecule has 0 spiro atoms. The highest BCUT2D eigenvalue weighted by Crippen LogP contribution is 2.24. The third-order valence-corrected chi connectivity index (χ3v) is 6.28. The van der Waals surface area contributed by atoms with Gasteiger partial charge in [0.1, 0.15) is 0 Å².